The number of aliphatic hydroxyl groups is 3. The minimum absolute atomic E-state index is 0.175. The maximum atomic E-state index is 12.2. The van der Waals surface area contributed by atoms with Gasteiger partial charge in [-0.1, -0.05) is 0 Å². The molecule has 0 bridgehead atoms. The number of allylic oxidation sites excluding steroid dienone is 1. The molecule has 0 radical (unpaired) electrons. The zero-order valence-corrected chi connectivity index (χ0v) is 7.61. The lowest BCUT2D eigenvalue weighted by Crippen LogP contribution is -2.44. The van der Waals surface area contributed by atoms with Crippen LogP contribution >= 0.6 is 0 Å². The molecular formula is C8H11F3O4. The summed E-state index contributed by atoms with van der Waals surface area (Å²) in [5, 5.41) is 26.9. The first-order valence-corrected chi connectivity index (χ1v) is 4.29. The predicted octanol–water partition coefficient (Wildman–Crippen LogP) is -0.0644. The average molecular weight is 228 g/mol. The quantitative estimate of drug-likeness (QED) is 0.619. The Morgan fingerprint density at radius 2 is 1.93 bits per heavy atom. The molecule has 0 amide bonds. The molecule has 88 valence electrons. The summed E-state index contributed by atoms with van der Waals surface area (Å²) in [4.78, 5) is 0. The molecule has 0 saturated carbocycles. The van der Waals surface area contributed by atoms with Crippen molar-refractivity contribution < 1.29 is 33.2 Å². The number of rotatable bonds is 2. The predicted molar refractivity (Wildman–Crippen MR) is 42.7 cm³/mol. The SMILES string of the molecule is OCC[C@@H]1OC(C(F)(F)F)=CC(O)C1O. The molecule has 0 spiro atoms. The maximum Gasteiger partial charge on any atom is 0.448 e. The molecular weight excluding hydrogens is 217 g/mol. The first-order valence-electron chi connectivity index (χ1n) is 4.29. The lowest BCUT2D eigenvalue weighted by Gasteiger charge is -2.32. The first kappa shape index (κ1) is 12.3. The van der Waals surface area contributed by atoms with Crippen molar-refractivity contribution in [1.82, 2.24) is 0 Å². The Labute approximate surface area is 83.6 Å². The van der Waals surface area contributed by atoms with Crippen molar-refractivity contribution in [3.05, 3.63) is 11.8 Å². The van der Waals surface area contributed by atoms with Crippen LogP contribution in [0.2, 0.25) is 0 Å². The van der Waals surface area contributed by atoms with Gasteiger partial charge in [-0.3, -0.25) is 0 Å². The summed E-state index contributed by atoms with van der Waals surface area (Å²) in [6, 6.07) is 0. The van der Waals surface area contributed by atoms with Gasteiger partial charge in [-0.2, -0.15) is 13.2 Å². The van der Waals surface area contributed by atoms with E-state index in [1.165, 1.54) is 0 Å². The van der Waals surface area contributed by atoms with E-state index in [0.29, 0.717) is 6.08 Å². The first-order chi connectivity index (χ1) is 6.86. The molecule has 4 nitrogen and oxygen atoms in total. The number of ether oxygens (including phenoxy) is 1. The van der Waals surface area contributed by atoms with Gasteiger partial charge in [-0.05, 0) is 6.08 Å². The van der Waals surface area contributed by atoms with Crippen LogP contribution in [-0.2, 0) is 4.74 Å². The van der Waals surface area contributed by atoms with Crippen LogP contribution in [0, 0.1) is 0 Å². The van der Waals surface area contributed by atoms with Crippen LogP contribution in [0.3, 0.4) is 0 Å². The number of alkyl halides is 3. The molecule has 1 aliphatic rings. The summed E-state index contributed by atoms with van der Waals surface area (Å²) in [6.07, 6.45) is -8.79. The van der Waals surface area contributed by atoms with E-state index in [2.05, 4.69) is 4.74 Å². The topological polar surface area (TPSA) is 69.9 Å². The van der Waals surface area contributed by atoms with Gasteiger partial charge < -0.3 is 20.1 Å². The van der Waals surface area contributed by atoms with E-state index in [-0.39, 0.29) is 6.42 Å². The number of halogens is 3. The zero-order valence-electron chi connectivity index (χ0n) is 7.61. The van der Waals surface area contributed by atoms with Crippen LogP contribution in [-0.4, -0.2) is 46.4 Å². The van der Waals surface area contributed by atoms with E-state index in [1.807, 2.05) is 0 Å². The summed E-state index contributed by atoms with van der Waals surface area (Å²) >= 11 is 0. The molecule has 1 heterocycles. The van der Waals surface area contributed by atoms with Gasteiger partial charge in [0, 0.05) is 13.0 Å². The second kappa shape index (κ2) is 4.38. The molecule has 0 fully saturated rings. The Morgan fingerprint density at radius 1 is 1.33 bits per heavy atom. The van der Waals surface area contributed by atoms with E-state index in [1.54, 1.807) is 0 Å². The highest BCUT2D eigenvalue weighted by atomic mass is 19.4. The molecule has 0 aromatic rings. The lowest BCUT2D eigenvalue weighted by molar-refractivity contribution is -0.169. The van der Waals surface area contributed by atoms with Gasteiger partial charge in [0.05, 0.1) is 0 Å². The van der Waals surface area contributed by atoms with Crippen LogP contribution in [0.1, 0.15) is 6.42 Å². The van der Waals surface area contributed by atoms with Crippen LogP contribution in [0.15, 0.2) is 11.8 Å². The van der Waals surface area contributed by atoms with Crippen molar-refractivity contribution in [3.63, 3.8) is 0 Å². The standard InChI is InChI=1S/C8H11F3O4/c9-8(10,11)6-3-4(13)7(14)5(15-6)1-2-12/h3-5,7,12-14H,1-2H2/t4?,5-,7?/m0/s1. The molecule has 3 N–H and O–H groups in total. The second-order valence-electron chi connectivity index (χ2n) is 3.18. The van der Waals surface area contributed by atoms with Gasteiger partial charge in [0.1, 0.15) is 18.3 Å². The van der Waals surface area contributed by atoms with E-state index < -0.39 is 36.9 Å². The Hall–Kier alpha value is -0.790. The van der Waals surface area contributed by atoms with Gasteiger partial charge in [0.15, 0.2) is 5.76 Å². The van der Waals surface area contributed by atoms with E-state index in [4.69, 9.17) is 10.2 Å². The van der Waals surface area contributed by atoms with Crippen molar-refractivity contribution in [3.8, 4) is 0 Å². The fourth-order valence-corrected chi connectivity index (χ4v) is 1.26. The van der Waals surface area contributed by atoms with Crippen molar-refractivity contribution >= 4 is 0 Å². The van der Waals surface area contributed by atoms with Gasteiger partial charge in [-0.15, -0.1) is 0 Å². The Kier molecular flexibility index (Phi) is 3.58. The summed E-state index contributed by atoms with van der Waals surface area (Å²) in [5.41, 5.74) is 0. The van der Waals surface area contributed by atoms with Crippen LogP contribution in [0.5, 0.6) is 0 Å². The average Bonchev–Trinajstić information content (AvgIpc) is 2.11. The van der Waals surface area contributed by atoms with Gasteiger partial charge in [0.2, 0.25) is 0 Å². The fraction of sp³-hybridized carbons (Fsp3) is 0.750. The van der Waals surface area contributed by atoms with Crippen LogP contribution in [0.4, 0.5) is 13.2 Å². The molecule has 1 aliphatic heterocycles. The molecule has 7 heteroatoms. The highest BCUT2D eigenvalue weighted by Crippen LogP contribution is 2.32. The summed E-state index contributed by atoms with van der Waals surface area (Å²) < 4.78 is 41.1. The molecule has 0 aromatic carbocycles. The Bertz CT molecular complexity index is 251. The minimum atomic E-state index is -4.70. The number of aliphatic hydroxyl groups excluding tert-OH is 3. The summed E-state index contributed by atoms with van der Waals surface area (Å²) in [6.45, 7) is -0.431. The second-order valence-corrected chi connectivity index (χ2v) is 3.18. The lowest BCUT2D eigenvalue weighted by atomic mass is 10.0. The molecule has 0 aliphatic carbocycles. The van der Waals surface area contributed by atoms with Crippen molar-refractivity contribution in [1.29, 1.82) is 0 Å². The smallest absolute Gasteiger partial charge is 0.448 e. The van der Waals surface area contributed by atoms with Gasteiger partial charge in [-0.25, -0.2) is 0 Å². The maximum absolute atomic E-state index is 12.2. The molecule has 2 unspecified atom stereocenters. The summed E-state index contributed by atoms with van der Waals surface area (Å²) in [5.74, 6) is -1.33. The molecule has 1 rings (SSSR count). The van der Waals surface area contributed by atoms with Crippen molar-refractivity contribution in [2.75, 3.05) is 6.61 Å². The highest BCUT2D eigenvalue weighted by Gasteiger charge is 2.43. The Morgan fingerprint density at radius 3 is 2.40 bits per heavy atom. The minimum Gasteiger partial charge on any atom is -0.483 e. The molecule has 0 aromatic heterocycles. The Balaban J connectivity index is 2.81. The van der Waals surface area contributed by atoms with E-state index >= 15 is 0 Å². The van der Waals surface area contributed by atoms with E-state index in [9.17, 15) is 18.3 Å². The molecule has 15 heavy (non-hydrogen) atoms. The molecule has 0 saturated heterocycles. The number of hydrogen-bond acceptors (Lipinski definition) is 4. The van der Waals surface area contributed by atoms with Crippen molar-refractivity contribution in [2.45, 2.75) is 30.9 Å². The van der Waals surface area contributed by atoms with Crippen LogP contribution < -0.4 is 0 Å². The zero-order chi connectivity index (χ0) is 11.6. The van der Waals surface area contributed by atoms with E-state index in [0.717, 1.165) is 0 Å². The summed E-state index contributed by atoms with van der Waals surface area (Å²) in [7, 11) is 0. The fourth-order valence-electron chi connectivity index (χ4n) is 1.26. The molecule has 3 atom stereocenters. The largest absolute Gasteiger partial charge is 0.483 e. The third-order valence-electron chi connectivity index (χ3n) is 2.02. The third kappa shape index (κ3) is 2.83. The van der Waals surface area contributed by atoms with Crippen LogP contribution in [0.25, 0.3) is 0 Å². The monoisotopic (exact) mass is 228 g/mol. The van der Waals surface area contributed by atoms with Gasteiger partial charge >= 0.3 is 6.18 Å². The third-order valence-corrected chi connectivity index (χ3v) is 2.02. The highest BCUT2D eigenvalue weighted by molar-refractivity contribution is 5.10. The van der Waals surface area contributed by atoms with Gasteiger partial charge in [0.25, 0.3) is 0 Å². The normalized spacial score (nSPS) is 32.1. The van der Waals surface area contributed by atoms with Crippen molar-refractivity contribution in [2.24, 2.45) is 0 Å². The number of hydrogen-bond donors (Lipinski definition) is 3.